The number of carbonyl (C=O) groups is 1. The minimum atomic E-state index is -3.56. The van der Waals surface area contributed by atoms with E-state index in [-0.39, 0.29) is 4.90 Å². The van der Waals surface area contributed by atoms with Gasteiger partial charge in [0.05, 0.1) is 20.7 Å². The highest BCUT2D eigenvalue weighted by Crippen LogP contribution is 2.33. The molecule has 0 radical (unpaired) electrons. The number of sulfonamides is 1. The fraction of sp³-hybridized carbons (Fsp3) is 0.364. The quantitative estimate of drug-likeness (QED) is 0.390. The highest BCUT2D eigenvalue weighted by Gasteiger charge is 2.22. The largest absolute Gasteiger partial charge is 0.423 e. The average Bonchev–Trinajstić information content (AvgIpc) is 3.44. The number of ether oxygens (including phenoxy) is 1. The van der Waals surface area contributed by atoms with Gasteiger partial charge in [0.15, 0.2) is 5.13 Å². The number of benzene rings is 2. The molecule has 1 aliphatic heterocycles. The topological polar surface area (TPSA) is 79.8 Å². The van der Waals surface area contributed by atoms with Gasteiger partial charge in [-0.1, -0.05) is 25.2 Å². The van der Waals surface area contributed by atoms with Crippen molar-refractivity contribution < 1.29 is 17.9 Å². The van der Waals surface area contributed by atoms with Crippen LogP contribution >= 0.6 is 11.3 Å². The third kappa shape index (κ3) is 4.44. The van der Waals surface area contributed by atoms with Gasteiger partial charge < -0.3 is 9.64 Å². The monoisotopic (exact) mass is 459 g/mol. The van der Waals surface area contributed by atoms with Crippen molar-refractivity contribution in [1.82, 2.24) is 9.29 Å². The first-order valence-corrected chi connectivity index (χ1v) is 12.7. The van der Waals surface area contributed by atoms with Crippen LogP contribution in [0.3, 0.4) is 0 Å². The van der Waals surface area contributed by atoms with Gasteiger partial charge in [0, 0.05) is 32.2 Å². The van der Waals surface area contributed by atoms with Gasteiger partial charge in [-0.3, -0.25) is 0 Å². The molecule has 4 rings (SSSR count). The van der Waals surface area contributed by atoms with E-state index in [0.717, 1.165) is 28.4 Å². The van der Waals surface area contributed by atoms with E-state index >= 15 is 0 Å². The molecule has 0 bridgehead atoms. The Labute approximate surface area is 186 Å². The second-order valence-corrected chi connectivity index (χ2v) is 10.3. The third-order valence-corrected chi connectivity index (χ3v) is 8.51. The van der Waals surface area contributed by atoms with Gasteiger partial charge in [0.1, 0.15) is 5.75 Å². The fourth-order valence-electron chi connectivity index (χ4n) is 3.64. The molecule has 7 nitrogen and oxygen atoms in total. The molecule has 1 aliphatic rings. The summed E-state index contributed by atoms with van der Waals surface area (Å²) in [6, 6.07) is 11.3. The van der Waals surface area contributed by atoms with Crippen LogP contribution in [0.1, 0.15) is 37.0 Å². The lowest BCUT2D eigenvalue weighted by Crippen LogP contribution is -2.30. The molecule has 0 amide bonds. The summed E-state index contributed by atoms with van der Waals surface area (Å²) >= 11 is 1.60. The zero-order valence-corrected chi connectivity index (χ0v) is 19.2. The Morgan fingerprint density at radius 1 is 1.10 bits per heavy atom. The van der Waals surface area contributed by atoms with Crippen molar-refractivity contribution in [2.24, 2.45) is 0 Å². The number of carbonyl (C=O) groups excluding carboxylic acids is 1. The summed E-state index contributed by atoms with van der Waals surface area (Å²) in [5.74, 6) is -0.0932. The van der Waals surface area contributed by atoms with Crippen molar-refractivity contribution in [3.8, 4) is 5.75 Å². The molecule has 1 aromatic heterocycles. The molecule has 2 heterocycles. The van der Waals surface area contributed by atoms with Crippen LogP contribution in [-0.4, -0.2) is 49.9 Å². The van der Waals surface area contributed by atoms with Crippen LogP contribution in [0, 0.1) is 0 Å². The number of nitrogens with zero attached hydrogens (tertiary/aromatic N) is 3. The maximum absolute atomic E-state index is 12.6. The molecule has 0 unspecified atom stereocenters. The van der Waals surface area contributed by atoms with Gasteiger partial charge in [-0.2, -0.15) is 4.31 Å². The Balaban J connectivity index is 1.49. The van der Waals surface area contributed by atoms with Crippen LogP contribution in [0.5, 0.6) is 5.75 Å². The zero-order valence-electron chi connectivity index (χ0n) is 17.6. The van der Waals surface area contributed by atoms with E-state index in [4.69, 9.17) is 4.74 Å². The molecule has 0 saturated carbocycles. The molecule has 2 aromatic carbocycles. The molecule has 1 saturated heterocycles. The Morgan fingerprint density at radius 3 is 2.42 bits per heavy atom. The number of anilines is 1. The predicted octanol–water partition coefficient (Wildman–Crippen LogP) is 4.15. The summed E-state index contributed by atoms with van der Waals surface area (Å²) in [5, 5.41) is 1.00. The number of hydrogen-bond acceptors (Lipinski definition) is 7. The van der Waals surface area contributed by atoms with Crippen molar-refractivity contribution in [3.05, 3.63) is 48.0 Å². The van der Waals surface area contributed by atoms with Crippen LogP contribution in [0.2, 0.25) is 0 Å². The first-order chi connectivity index (χ1) is 14.9. The predicted molar refractivity (Wildman–Crippen MR) is 123 cm³/mol. The Hall–Kier alpha value is -2.49. The van der Waals surface area contributed by atoms with Gasteiger partial charge in [-0.25, -0.2) is 18.2 Å². The SMILES string of the molecule is CCN(CC)S(=O)(=O)c1ccc(C(=O)Oc2ccc3nc(N4CCCC4)sc3c2)cc1. The minimum absolute atomic E-state index is 0.160. The standard InChI is InChI=1S/C22H25N3O4S2/c1-3-25(4-2)31(27,28)18-10-7-16(8-11-18)21(26)29-17-9-12-19-20(15-17)30-22(23-19)24-13-5-6-14-24/h7-12,15H,3-6,13-14H2,1-2H3. The summed E-state index contributed by atoms with van der Waals surface area (Å²) in [4.78, 5) is 19.7. The molecule has 1 fully saturated rings. The lowest BCUT2D eigenvalue weighted by Gasteiger charge is -2.18. The molecule has 9 heteroatoms. The number of aromatic nitrogens is 1. The van der Waals surface area contributed by atoms with E-state index in [2.05, 4.69) is 9.88 Å². The summed E-state index contributed by atoms with van der Waals surface area (Å²) in [6.07, 6.45) is 2.38. The van der Waals surface area contributed by atoms with Crippen LogP contribution in [0.15, 0.2) is 47.4 Å². The lowest BCUT2D eigenvalue weighted by atomic mass is 10.2. The highest BCUT2D eigenvalue weighted by molar-refractivity contribution is 7.89. The highest BCUT2D eigenvalue weighted by atomic mass is 32.2. The van der Waals surface area contributed by atoms with Crippen LogP contribution in [0.4, 0.5) is 5.13 Å². The molecule has 164 valence electrons. The van der Waals surface area contributed by atoms with Crippen molar-refractivity contribution >= 4 is 42.7 Å². The smallest absolute Gasteiger partial charge is 0.343 e. The number of thiazole rings is 1. The minimum Gasteiger partial charge on any atom is -0.423 e. The molecule has 0 N–H and O–H groups in total. The van der Waals surface area contributed by atoms with Crippen LogP contribution in [-0.2, 0) is 10.0 Å². The first-order valence-electron chi connectivity index (χ1n) is 10.4. The van der Waals surface area contributed by atoms with Gasteiger partial charge in [-0.05, 0) is 49.2 Å². The molecular weight excluding hydrogens is 434 g/mol. The molecule has 0 atom stereocenters. The van der Waals surface area contributed by atoms with E-state index in [0.29, 0.717) is 24.4 Å². The van der Waals surface area contributed by atoms with E-state index in [1.807, 2.05) is 12.1 Å². The Kier molecular flexibility index (Phi) is 6.27. The maximum Gasteiger partial charge on any atom is 0.343 e. The zero-order chi connectivity index (χ0) is 22.0. The molecule has 3 aromatic rings. The summed E-state index contributed by atoms with van der Waals surface area (Å²) < 4.78 is 33.0. The summed E-state index contributed by atoms with van der Waals surface area (Å²) in [5.41, 5.74) is 1.18. The molecule has 0 aliphatic carbocycles. The maximum atomic E-state index is 12.6. The summed E-state index contributed by atoms with van der Waals surface area (Å²) in [7, 11) is -3.56. The van der Waals surface area contributed by atoms with Crippen LogP contribution in [0.25, 0.3) is 10.2 Å². The Morgan fingerprint density at radius 2 is 1.77 bits per heavy atom. The van der Waals surface area contributed by atoms with Crippen molar-refractivity contribution in [1.29, 1.82) is 0 Å². The lowest BCUT2D eigenvalue weighted by molar-refractivity contribution is 0.0735. The van der Waals surface area contributed by atoms with E-state index < -0.39 is 16.0 Å². The van der Waals surface area contributed by atoms with Crippen LogP contribution < -0.4 is 9.64 Å². The van der Waals surface area contributed by atoms with Gasteiger partial charge in [0.2, 0.25) is 10.0 Å². The molecule has 31 heavy (non-hydrogen) atoms. The van der Waals surface area contributed by atoms with Crippen molar-refractivity contribution in [2.45, 2.75) is 31.6 Å². The summed E-state index contributed by atoms with van der Waals surface area (Å²) in [6.45, 7) is 6.43. The second-order valence-electron chi connectivity index (χ2n) is 7.32. The van der Waals surface area contributed by atoms with Crippen molar-refractivity contribution in [3.63, 3.8) is 0 Å². The average molecular weight is 460 g/mol. The third-order valence-electron chi connectivity index (χ3n) is 5.37. The number of fused-ring (bicyclic) bond motifs is 1. The van der Waals surface area contributed by atoms with Gasteiger partial charge >= 0.3 is 5.97 Å². The second kappa shape index (κ2) is 8.94. The first kappa shape index (κ1) is 21.7. The van der Waals surface area contributed by atoms with Gasteiger partial charge in [0.25, 0.3) is 0 Å². The molecule has 0 spiro atoms. The normalized spacial score (nSPS) is 14.5. The number of rotatable bonds is 7. The van der Waals surface area contributed by atoms with E-state index in [1.54, 1.807) is 31.3 Å². The number of hydrogen-bond donors (Lipinski definition) is 0. The van der Waals surface area contributed by atoms with Gasteiger partial charge in [-0.15, -0.1) is 0 Å². The fourth-order valence-corrected chi connectivity index (χ4v) is 6.15. The Bertz CT molecular complexity index is 1180. The molecular formula is C22H25N3O4S2. The van der Waals surface area contributed by atoms with E-state index in [1.165, 1.54) is 41.4 Å². The van der Waals surface area contributed by atoms with E-state index in [9.17, 15) is 13.2 Å². The van der Waals surface area contributed by atoms with Crippen molar-refractivity contribution in [2.75, 3.05) is 31.1 Å². The number of esters is 1.